The van der Waals surface area contributed by atoms with E-state index < -0.39 is 0 Å². The summed E-state index contributed by atoms with van der Waals surface area (Å²) >= 11 is 0. The van der Waals surface area contributed by atoms with Gasteiger partial charge in [0.2, 0.25) is 0 Å². The summed E-state index contributed by atoms with van der Waals surface area (Å²) in [5, 5.41) is 6.56. The van der Waals surface area contributed by atoms with Crippen molar-refractivity contribution in [1.29, 1.82) is 0 Å². The number of hydrogen-bond acceptors (Lipinski definition) is 2. The van der Waals surface area contributed by atoms with E-state index in [-0.39, 0.29) is 0 Å². The molecule has 64 valence electrons. The minimum absolute atomic E-state index is 0.624. The van der Waals surface area contributed by atoms with Crippen LogP contribution in [0.1, 0.15) is 19.8 Å². The van der Waals surface area contributed by atoms with Crippen molar-refractivity contribution in [1.82, 2.24) is 10.6 Å². The third-order valence-electron chi connectivity index (χ3n) is 2.22. The molecule has 1 rings (SSSR count). The van der Waals surface area contributed by atoms with Crippen LogP contribution in [0, 0.1) is 0 Å². The molecule has 0 amide bonds. The van der Waals surface area contributed by atoms with Gasteiger partial charge in [-0.05, 0) is 33.4 Å². The average molecular weight is 154 g/mol. The summed E-state index contributed by atoms with van der Waals surface area (Å²) in [7, 11) is 2.02. The first kappa shape index (κ1) is 8.75. The maximum Gasteiger partial charge on any atom is 0.0137 e. The predicted molar refractivity (Wildman–Crippen MR) is 48.7 cm³/mol. The second kappa shape index (κ2) is 4.52. The first-order valence-electron chi connectivity index (χ1n) is 4.39. The molecular weight excluding hydrogens is 136 g/mol. The Kier molecular flexibility index (Phi) is 3.60. The van der Waals surface area contributed by atoms with Crippen LogP contribution in [-0.2, 0) is 0 Å². The Morgan fingerprint density at radius 2 is 2.55 bits per heavy atom. The summed E-state index contributed by atoms with van der Waals surface area (Å²) in [6.07, 6.45) is 4.75. The van der Waals surface area contributed by atoms with Crippen LogP contribution in [0.2, 0.25) is 0 Å². The SMILES string of the molecule is CNC(C)CC1=CCNCC1. The molecule has 0 radical (unpaired) electrons. The van der Waals surface area contributed by atoms with Gasteiger partial charge in [-0.15, -0.1) is 0 Å². The highest BCUT2D eigenvalue weighted by Crippen LogP contribution is 2.11. The van der Waals surface area contributed by atoms with Gasteiger partial charge in [0, 0.05) is 12.6 Å². The van der Waals surface area contributed by atoms with Crippen LogP contribution >= 0.6 is 0 Å². The van der Waals surface area contributed by atoms with Crippen LogP contribution in [0.25, 0.3) is 0 Å². The second-order valence-corrected chi connectivity index (χ2v) is 3.21. The van der Waals surface area contributed by atoms with E-state index in [0.717, 1.165) is 13.1 Å². The van der Waals surface area contributed by atoms with E-state index in [9.17, 15) is 0 Å². The molecule has 2 nitrogen and oxygen atoms in total. The molecular formula is C9H18N2. The molecule has 0 aromatic rings. The first-order chi connectivity index (χ1) is 5.33. The van der Waals surface area contributed by atoms with Crippen molar-refractivity contribution in [2.24, 2.45) is 0 Å². The van der Waals surface area contributed by atoms with Gasteiger partial charge in [0.25, 0.3) is 0 Å². The second-order valence-electron chi connectivity index (χ2n) is 3.21. The minimum atomic E-state index is 0.624. The molecule has 1 aliphatic rings. The molecule has 0 fully saturated rings. The van der Waals surface area contributed by atoms with Crippen LogP contribution in [-0.4, -0.2) is 26.2 Å². The Balaban J connectivity index is 2.29. The summed E-state index contributed by atoms with van der Waals surface area (Å²) in [6, 6.07) is 0.624. The molecule has 0 spiro atoms. The fourth-order valence-electron chi connectivity index (χ4n) is 1.35. The Hall–Kier alpha value is -0.340. The maximum absolute atomic E-state index is 3.31. The van der Waals surface area contributed by atoms with E-state index in [1.807, 2.05) is 7.05 Å². The van der Waals surface area contributed by atoms with Gasteiger partial charge in [0.1, 0.15) is 0 Å². The lowest BCUT2D eigenvalue weighted by molar-refractivity contribution is 0.575. The van der Waals surface area contributed by atoms with Crippen molar-refractivity contribution in [3.05, 3.63) is 11.6 Å². The van der Waals surface area contributed by atoms with Gasteiger partial charge in [0.15, 0.2) is 0 Å². The Morgan fingerprint density at radius 1 is 1.73 bits per heavy atom. The van der Waals surface area contributed by atoms with Crippen LogP contribution in [0.4, 0.5) is 0 Å². The Labute approximate surface area is 69.1 Å². The Morgan fingerprint density at radius 3 is 3.09 bits per heavy atom. The molecule has 0 saturated carbocycles. The topological polar surface area (TPSA) is 24.1 Å². The van der Waals surface area contributed by atoms with Crippen molar-refractivity contribution < 1.29 is 0 Å². The smallest absolute Gasteiger partial charge is 0.0137 e. The lowest BCUT2D eigenvalue weighted by Gasteiger charge is -2.17. The average Bonchev–Trinajstić information content (AvgIpc) is 2.06. The summed E-state index contributed by atoms with van der Waals surface area (Å²) < 4.78 is 0. The highest BCUT2D eigenvalue weighted by molar-refractivity contribution is 5.08. The van der Waals surface area contributed by atoms with Crippen LogP contribution < -0.4 is 10.6 Å². The molecule has 0 aliphatic carbocycles. The maximum atomic E-state index is 3.31. The van der Waals surface area contributed by atoms with Crippen molar-refractivity contribution in [3.8, 4) is 0 Å². The van der Waals surface area contributed by atoms with Crippen molar-refractivity contribution in [3.63, 3.8) is 0 Å². The number of nitrogens with one attached hydrogen (secondary N) is 2. The monoisotopic (exact) mass is 154 g/mol. The third kappa shape index (κ3) is 3.04. The summed E-state index contributed by atoms with van der Waals surface area (Å²) in [6.45, 7) is 4.44. The highest BCUT2D eigenvalue weighted by Gasteiger charge is 2.05. The van der Waals surface area contributed by atoms with Crippen molar-refractivity contribution >= 4 is 0 Å². The van der Waals surface area contributed by atoms with Gasteiger partial charge in [0.05, 0.1) is 0 Å². The van der Waals surface area contributed by atoms with E-state index in [1.54, 1.807) is 5.57 Å². The highest BCUT2D eigenvalue weighted by atomic mass is 14.9. The lowest BCUT2D eigenvalue weighted by Crippen LogP contribution is -2.26. The van der Waals surface area contributed by atoms with Gasteiger partial charge in [-0.3, -0.25) is 0 Å². The largest absolute Gasteiger partial charge is 0.317 e. The molecule has 0 bridgehead atoms. The molecule has 2 N–H and O–H groups in total. The van der Waals surface area contributed by atoms with E-state index in [1.165, 1.54) is 12.8 Å². The number of rotatable bonds is 3. The molecule has 0 aromatic heterocycles. The van der Waals surface area contributed by atoms with Crippen molar-refractivity contribution in [2.45, 2.75) is 25.8 Å². The Bertz CT molecular complexity index is 140. The van der Waals surface area contributed by atoms with E-state index in [0.29, 0.717) is 6.04 Å². The number of hydrogen-bond donors (Lipinski definition) is 2. The van der Waals surface area contributed by atoms with Gasteiger partial charge < -0.3 is 10.6 Å². The van der Waals surface area contributed by atoms with E-state index in [4.69, 9.17) is 0 Å². The molecule has 1 unspecified atom stereocenters. The summed E-state index contributed by atoms with van der Waals surface area (Å²) in [4.78, 5) is 0. The fourth-order valence-corrected chi connectivity index (χ4v) is 1.35. The molecule has 1 atom stereocenters. The predicted octanol–water partition coefficient (Wildman–Crippen LogP) is 0.904. The van der Waals surface area contributed by atoms with Crippen molar-refractivity contribution in [2.75, 3.05) is 20.1 Å². The van der Waals surface area contributed by atoms with Crippen LogP contribution in [0.15, 0.2) is 11.6 Å². The summed E-state index contributed by atoms with van der Waals surface area (Å²) in [5.41, 5.74) is 1.60. The fraction of sp³-hybridized carbons (Fsp3) is 0.778. The summed E-state index contributed by atoms with van der Waals surface area (Å²) in [5.74, 6) is 0. The van der Waals surface area contributed by atoms with E-state index >= 15 is 0 Å². The van der Waals surface area contributed by atoms with Gasteiger partial charge >= 0.3 is 0 Å². The zero-order valence-electron chi connectivity index (χ0n) is 7.48. The first-order valence-corrected chi connectivity index (χ1v) is 4.39. The van der Waals surface area contributed by atoms with Gasteiger partial charge in [-0.1, -0.05) is 11.6 Å². The van der Waals surface area contributed by atoms with Gasteiger partial charge in [-0.2, -0.15) is 0 Å². The lowest BCUT2D eigenvalue weighted by atomic mass is 10.0. The minimum Gasteiger partial charge on any atom is -0.317 e. The van der Waals surface area contributed by atoms with Crippen LogP contribution in [0.3, 0.4) is 0 Å². The van der Waals surface area contributed by atoms with Gasteiger partial charge in [-0.25, -0.2) is 0 Å². The van der Waals surface area contributed by atoms with Crippen LogP contribution in [0.5, 0.6) is 0 Å². The molecule has 1 aliphatic heterocycles. The zero-order chi connectivity index (χ0) is 8.10. The van der Waals surface area contributed by atoms with E-state index in [2.05, 4.69) is 23.6 Å². The molecule has 11 heavy (non-hydrogen) atoms. The third-order valence-corrected chi connectivity index (χ3v) is 2.22. The molecule has 0 saturated heterocycles. The standard InChI is InChI=1S/C9H18N2/c1-8(10-2)7-9-3-5-11-6-4-9/h3,8,10-11H,4-7H2,1-2H3. The molecule has 2 heteroatoms. The molecule has 0 aromatic carbocycles. The normalized spacial score (nSPS) is 21.1. The molecule has 1 heterocycles. The quantitative estimate of drug-likeness (QED) is 0.590. The zero-order valence-corrected chi connectivity index (χ0v) is 7.48.